The lowest BCUT2D eigenvalue weighted by atomic mass is 10.0. The first-order valence-electron chi connectivity index (χ1n) is 11.2. The van der Waals surface area contributed by atoms with Crippen molar-refractivity contribution < 1.29 is 19.4 Å². The van der Waals surface area contributed by atoms with Gasteiger partial charge < -0.3 is 25.4 Å². The lowest BCUT2D eigenvalue weighted by Crippen LogP contribution is -2.40. The van der Waals surface area contributed by atoms with Crippen LogP contribution in [0.2, 0.25) is 5.02 Å². The molecule has 182 valence electrons. The molecule has 0 fully saturated rings. The Balaban J connectivity index is 1.47. The van der Waals surface area contributed by atoms with Gasteiger partial charge in [-0.3, -0.25) is 9.59 Å². The third kappa shape index (κ3) is 5.36. The second-order valence-electron chi connectivity index (χ2n) is 8.03. The van der Waals surface area contributed by atoms with Gasteiger partial charge in [0.25, 0.3) is 5.91 Å². The number of nitrogens with one attached hydrogen (secondary N) is 2. The van der Waals surface area contributed by atoms with Crippen molar-refractivity contribution in [2.24, 2.45) is 0 Å². The number of aliphatic hydroxyl groups is 1. The van der Waals surface area contributed by atoms with Gasteiger partial charge in [-0.25, -0.2) is 9.97 Å². The second kappa shape index (κ2) is 10.7. The topological polar surface area (TPSA) is 117 Å². The highest BCUT2D eigenvalue weighted by Gasteiger charge is 2.30. The van der Waals surface area contributed by atoms with Crippen LogP contribution in [0.3, 0.4) is 0 Å². The number of aromatic nitrogens is 2. The number of carbonyl (C=O) groups excluding carboxylic acids is 2. The SMILES string of the molecule is CCNc1ncc(Cl)c(-c2ccc3c(c2)C(=O)N(CC(=O)NC(CO)c2cccc(OC)c2)C3)n1. The fourth-order valence-corrected chi connectivity index (χ4v) is 4.16. The third-order valence-corrected chi connectivity index (χ3v) is 5.97. The maximum atomic E-state index is 13.1. The fourth-order valence-electron chi connectivity index (χ4n) is 3.96. The molecule has 0 saturated carbocycles. The van der Waals surface area contributed by atoms with Crippen LogP contribution in [0.15, 0.2) is 48.7 Å². The zero-order chi connectivity index (χ0) is 24.9. The molecule has 0 bridgehead atoms. The van der Waals surface area contributed by atoms with Crippen molar-refractivity contribution in [3.05, 3.63) is 70.4 Å². The lowest BCUT2D eigenvalue weighted by molar-refractivity contribution is -0.122. The minimum atomic E-state index is -0.616. The molecule has 1 aliphatic rings. The van der Waals surface area contributed by atoms with Gasteiger partial charge in [0.15, 0.2) is 0 Å². The Morgan fingerprint density at radius 3 is 2.86 bits per heavy atom. The van der Waals surface area contributed by atoms with Crippen LogP contribution >= 0.6 is 11.6 Å². The summed E-state index contributed by atoms with van der Waals surface area (Å²) < 4.78 is 5.21. The van der Waals surface area contributed by atoms with Crippen molar-refractivity contribution in [3.63, 3.8) is 0 Å². The van der Waals surface area contributed by atoms with Crippen LogP contribution < -0.4 is 15.4 Å². The molecule has 4 rings (SSSR count). The van der Waals surface area contributed by atoms with Gasteiger partial charge in [-0.2, -0.15) is 0 Å². The number of hydrogen-bond donors (Lipinski definition) is 3. The molecule has 0 radical (unpaired) electrons. The van der Waals surface area contributed by atoms with Crippen molar-refractivity contribution in [2.75, 3.05) is 32.1 Å². The van der Waals surface area contributed by atoms with E-state index >= 15 is 0 Å². The maximum Gasteiger partial charge on any atom is 0.254 e. The Morgan fingerprint density at radius 2 is 2.11 bits per heavy atom. The van der Waals surface area contributed by atoms with Gasteiger partial charge in [0.2, 0.25) is 11.9 Å². The van der Waals surface area contributed by atoms with Crippen LogP contribution in [0.25, 0.3) is 11.3 Å². The first-order valence-corrected chi connectivity index (χ1v) is 11.5. The average molecular weight is 496 g/mol. The molecule has 1 aliphatic heterocycles. The molecule has 0 saturated heterocycles. The Labute approximate surface area is 208 Å². The largest absolute Gasteiger partial charge is 0.497 e. The zero-order valence-electron chi connectivity index (χ0n) is 19.4. The van der Waals surface area contributed by atoms with E-state index in [1.807, 2.05) is 19.1 Å². The Morgan fingerprint density at radius 1 is 1.29 bits per heavy atom. The van der Waals surface area contributed by atoms with Crippen LogP contribution in [-0.4, -0.2) is 58.6 Å². The van der Waals surface area contributed by atoms with E-state index in [2.05, 4.69) is 20.6 Å². The van der Waals surface area contributed by atoms with Crippen molar-refractivity contribution in [1.29, 1.82) is 0 Å². The molecule has 10 heteroatoms. The Hall–Kier alpha value is -3.69. The van der Waals surface area contributed by atoms with Gasteiger partial charge in [-0.05, 0) is 36.2 Å². The first kappa shape index (κ1) is 24.4. The molecule has 2 amide bonds. The summed E-state index contributed by atoms with van der Waals surface area (Å²) in [7, 11) is 1.55. The number of fused-ring (bicyclic) bond motifs is 1. The first-order chi connectivity index (χ1) is 16.9. The fraction of sp³-hybridized carbons (Fsp3) is 0.280. The molecule has 2 aromatic carbocycles. The molecule has 3 aromatic rings. The number of aliphatic hydroxyl groups excluding tert-OH is 1. The van der Waals surface area contributed by atoms with Gasteiger partial charge in [0, 0.05) is 24.2 Å². The molecule has 1 atom stereocenters. The monoisotopic (exact) mass is 495 g/mol. The molecular formula is C25H26ClN5O4. The Kier molecular flexibility index (Phi) is 7.48. The van der Waals surface area contributed by atoms with Crippen LogP contribution in [0.5, 0.6) is 5.75 Å². The lowest BCUT2D eigenvalue weighted by Gasteiger charge is -2.20. The highest BCUT2D eigenvalue weighted by molar-refractivity contribution is 6.33. The summed E-state index contributed by atoms with van der Waals surface area (Å²) in [6.45, 7) is 2.49. The molecule has 1 unspecified atom stereocenters. The van der Waals surface area contributed by atoms with Crippen LogP contribution in [0, 0.1) is 0 Å². The third-order valence-electron chi connectivity index (χ3n) is 5.69. The quantitative estimate of drug-likeness (QED) is 0.417. The molecular weight excluding hydrogens is 470 g/mol. The zero-order valence-corrected chi connectivity index (χ0v) is 20.2. The summed E-state index contributed by atoms with van der Waals surface area (Å²) >= 11 is 6.32. The van der Waals surface area contributed by atoms with Gasteiger partial charge in [0.1, 0.15) is 12.3 Å². The molecule has 35 heavy (non-hydrogen) atoms. The van der Waals surface area contributed by atoms with E-state index in [0.29, 0.717) is 52.2 Å². The number of nitrogens with zero attached hydrogens (tertiary/aromatic N) is 3. The van der Waals surface area contributed by atoms with E-state index in [9.17, 15) is 14.7 Å². The Bertz CT molecular complexity index is 1250. The van der Waals surface area contributed by atoms with Gasteiger partial charge in [-0.1, -0.05) is 35.9 Å². The molecule has 3 N–H and O–H groups in total. The van der Waals surface area contributed by atoms with Gasteiger partial charge in [0.05, 0.1) is 36.7 Å². The summed E-state index contributed by atoms with van der Waals surface area (Å²) in [6, 6.07) is 11.9. The predicted octanol–water partition coefficient (Wildman–Crippen LogP) is 3.04. The summed E-state index contributed by atoms with van der Waals surface area (Å²) in [5, 5.41) is 16.0. The number of amides is 2. The predicted molar refractivity (Wildman–Crippen MR) is 132 cm³/mol. The molecule has 9 nitrogen and oxygen atoms in total. The van der Waals surface area contributed by atoms with E-state index in [1.54, 1.807) is 37.4 Å². The smallest absolute Gasteiger partial charge is 0.254 e. The van der Waals surface area contributed by atoms with E-state index in [-0.39, 0.29) is 25.0 Å². The number of methoxy groups -OCH3 is 1. The summed E-state index contributed by atoms with van der Waals surface area (Å²) in [6.07, 6.45) is 1.52. The van der Waals surface area contributed by atoms with E-state index in [0.717, 1.165) is 5.56 Å². The van der Waals surface area contributed by atoms with Crippen LogP contribution in [0.1, 0.15) is 34.5 Å². The van der Waals surface area contributed by atoms with Crippen molar-refractivity contribution >= 4 is 29.4 Å². The number of anilines is 1. The summed E-state index contributed by atoms with van der Waals surface area (Å²) in [5.74, 6) is 0.447. The standard InChI is InChI=1S/C25H26ClN5O4/c1-3-27-25-28-11-20(26)23(30-25)16-7-8-17-12-31(24(34)19(17)10-16)13-22(33)29-21(14-32)15-5-4-6-18(9-15)35-2/h4-11,21,32H,3,12-14H2,1-2H3,(H,29,33)(H,27,28,30). The van der Waals surface area contributed by atoms with E-state index < -0.39 is 6.04 Å². The maximum absolute atomic E-state index is 13.1. The van der Waals surface area contributed by atoms with Crippen molar-refractivity contribution in [3.8, 4) is 17.0 Å². The number of ether oxygens (including phenoxy) is 1. The van der Waals surface area contributed by atoms with Crippen molar-refractivity contribution in [1.82, 2.24) is 20.2 Å². The normalized spacial score (nSPS) is 13.4. The van der Waals surface area contributed by atoms with Crippen LogP contribution in [0.4, 0.5) is 5.95 Å². The highest BCUT2D eigenvalue weighted by atomic mass is 35.5. The van der Waals surface area contributed by atoms with Gasteiger partial charge in [-0.15, -0.1) is 0 Å². The number of hydrogen-bond acceptors (Lipinski definition) is 7. The average Bonchev–Trinajstić information content (AvgIpc) is 3.18. The number of halogens is 1. The number of rotatable bonds is 9. The second-order valence-corrected chi connectivity index (χ2v) is 8.44. The van der Waals surface area contributed by atoms with E-state index in [1.165, 1.54) is 11.1 Å². The minimum absolute atomic E-state index is 0.137. The number of carbonyl (C=O) groups is 2. The minimum Gasteiger partial charge on any atom is -0.497 e. The van der Waals surface area contributed by atoms with Crippen molar-refractivity contribution in [2.45, 2.75) is 19.5 Å². The van der Waals surface area contributed by atoms with Crippen LogP contribution in [-0.2, 0) is 11.3 Å². The summed E-state index contributed by atoms with van der Waals surface area (Å²) in [4.78, 5) is 35.9. The van der Waals surface area contributed by atoms with E-state index in [4.69, 9.17) is 16.3 Å². The molecule has 0 spiro atoms. The summed E-state index contributed by atoms with van der Waals surface area (Å²) in [5.41, 5.74) is 3.23. The molecule has 0 aliphatic carbocycles. The molecule has 1 aromatic heterocycles. The molecule has 2 heterocycles. The highest BCUT2D eigenvalue weighted by Crippen LogP contribution is 2.31. The van der Waals surface area contributed by atoms with Gasteiger partial charge >= 0.3 is 0 Å². The number of benzene rings is 2.